The lowest BCUT2D eigenvalue weighted by Crippen LogP contribution is -2.51. The van der Waals surface area contributed by atoms with E-state index < -0.39 is 0 Å². The van der Waals surface area contributed by atoms with E-state index in [9.17, 15) is 9.59 Å². The molecule has 2 amide bonds. The third-order valence-electron chi connectivity index (χ3n) is 4.75. The molecule has 0 atom stereocenters. The quantitative estimate of drug-likeness (QED) is 0.668. The number of nitrogens with zero attached hydrogens (tertiary/aromatic N) is 2. The Morgan fingerprint density at radius 2 is 1.81 bits per heavy atom. The minimum Gasteiger partial charge on any atom is -0.368 e. The van der Waals surface area contributed by atoms with Crippen LogP contribution in [0.4, 0.5) is 5.69 Å². The van der Waals surface area contributed by atoms with Crippen molar-refractivity contribution in [3.05, 3.63) is 29.3 Å². The van der Waals surface area contributed by atoms with Crippen LogP contribution in [-0.4, -0.2) is 49.4 Å². The maximum Gasteiger partial charge on any atom is 0.242 e. The first kappa shape index (κ1) is 20.6. The molecule has 1 fully saturated rings. The number of hydrogen-bond acceptors (Lipinski definition) is 3. The Labute approximate surface area is 161 Å². The molecule has 1 aromatic carbocycles. The molecule has 0 radical (unpaired) electrons. The summed E-state index contributed by atoms with van der Waals surface area (Å²) in [6, 6.07) is 7.77. The largest absolute Gasteiger partial charge is 0.368 e. The lowest BCUT2D eigenvalue weighted by Gasteiger charge is -2.36. The second kappa shape index (κ2) is 11.1. The Hall–Kier alpha value is -1.75. The first-order valence-electron chi connectivity index (χ1n) is 9.65. The molecule has 0 bridgehead atoms. The topological polar surface area (TPSA) is 52.7 Å². The molecule has 0 aliphatic carbocycles. The number of piperazine rings is 1. The number of benzene rings is 1. The Bertz CT molecular complexity index is 586. The first-order valence-corrected chi connectivity index (χ1v) is 10.0. The summed E-state index contributed by atoms with van der Waals surface area (Å²) >= 11 is 6.04. The van der Waals surface area contributed by atoms with Gasteiger partial charge >= 0.3 is 0 Å². The lowest BCUT2D eigenvalue weighted by molar-refractivity contribution is -0.133. The maximum absolute atomic E-state index is 12.3. The van der Waals surface area contributed by atoms with Gasteiger partial charge in [-0.3, -0.25) is 9.59 Å². The molecule has 2 rings (SSSR count). The van der Waals surface area contributed by atoms with Gasteiger partial charge in [0, 0.05) is 43.3 Å². The molecule has 1 aromatic rings. The number of nitrogens with one attached hydrogen (secondary N) is 1. The van der Waals surface area contributed by atoms with Crippen molar-refractivity contribution >= 4 is 29.1 Å². The summed E-state index contributed by atoms with van der Waals surface area (Å²) in [5.41, 5.74) is 1.08. The van der Waals surface area contributed by atoms with Gasteiger partial charge < -0.3 is 15.1 Å². The van der Waals surface area contributed by atoms with Gasteiger partial charge in [-0.05, 0) is 24.6 Å². The fraction of sp³-hybridized carbons (Fsp3) is 0.600. The summed E-state index contributed by atoms with van der Waals surface area (Å²) in [7, 11) is 0. The van der Waals surface area contributed by atoms with Crippen molar-refractivity contribution in [2.45, 2.75) is 45.4 Å². The standard InChI is InChI=1S/C20H30ClN3O2/c1-2-3-4-5-6-10-19(25)22-16-20(26)24-13-11-23(12-14-24)18-9-7-8-17(21)15-18/h7-9,15H,2-6,10-14,16H2,1H3,(H,22,25). The van der Waals surface area contributed by atoms with Crippen LogP contribution in [-0.2, 0) is 9.59 Å². The van der Waals surface area contributed by atoms with E-state index in [1.54, 1.807) is 0 Å². The predicted molar refractivity (Wildman–Crippen MR) is 107 cm³/mol. The van der Waals surface area contributed by atoms with Crippen molar-refractivity contribution in [1.82, 2.24) is 10.2 Å². The molecule has 1 saturated heterocycles. The van der Waals surface area contributed by atoms with E-state index >= 15 is 0 Å². The summed E-state index contributed by atoms with van der Waals surface area (Å²) in [5, 5.41) is 3.48. The third-order valence-corrected chi connectivity index (χ3v) is 4.98. The van der Waals surface area contributed by atoms with E-state index in [2.05, 4.69) is 17.1 Å². The molecule has 0 unspecified atom stereocenters. The van der Waals surface area contributed by atoms with Crippen LogP contribution in [0, 0.1) is 0 Å². The third kappa shape index (κ3) is 6.87. The summed E-state index contributed by atoms with van der Waals surface area (Å²) in [6.07, 6.45) is 6.10. The van der Waals surface area contributed by atoms with Gasteiger partial charge in [0.2, 0.25) is 11.8 Å². The lowest BCUT2D eigenvalue weighted by atomic mass is 10.1. The monoisotopic (exact) mass is 379 g/mol. The van der Waals surface area contributed by atoms with E-state index in [1.165, 1.54) is 19.3 Å². The molecule has 0 aromatic heterocycles. The van der Waals surface area contributed by atoms with Crippen molar-refractivity contribution in [3.8, 4) is 0 Å². The molecule has 0 spiro atoms. The van der Waals surface area contributed by atoms with Crippen molar-refractivity contribution < 1.29 is 9.59 Å². The summed E-state index contributed by atoms with van der Waals surface area (Å²) in [4.78, 5) is 28.2. The molecular formula is C20H30ClN3O2. The van der Waals surface area contributed by atoms with Crippen molar-refractivity contribution in [2.75, 3.05) is 37.6 Å². The normalized spacial score (nSPS) is 14.4. The zero-order chi connectivity index (χ0) is 18.8. The predicted octanol–water partition coefficient (Wildman–Crippen LogP) is 3.47. The van der Waals surface area contributed by atoms with E-state index in [-0.39, 0.29) is 18.4 Å². The van der Waals surface area contributed by atoms with Crippen LogP contribution in [0.25, 0.3) is 0 Å². The Morgan fingerprint density at radius 3 is 2.50 bits per heavy atom. The smallest absolute Gasteiger partial charge is 0.242 e. The van der Waals surface area contributed by atoms with Gasteiger partial charge in [-0.1, -0.05) is 50.3 Å². The molecular weight excluding hydrogens is 350 g/mol. The highest BCUT2D eigenvalue weighted by atomic mass is 35.5. The van der Waals surface area contributed by atoms with E-state index in [0.29, 0.717) is 19.5 Å². The van der Waals surface area contributed by atoms with E-state index in [0.717, 1.165) is 36.6 Å². The second-order valence-corrected chi connectivity index (χ2v) is 7.23. The fourth-order valence-electron chi connectivity index (χ4n) is 3.15. The summed E-state index contributed by atoms with van der Waals surface area (Å²) in [6.45, 7) is 5.16. The first-order chi connectivity index (χ1) is 12.6. The van der Waals surface area contributed by atoms with Crippen LogP contribution >= 0.6 is 11.6 Å². The molecule has 0 saturated carbocycles. The summed E-state index contributed by atoms with van der Waals surface area (Å²) < 4.78 is 0. The number of carbonyl (C=O) groups is 2. The Morgan fingerprint density at radius 1 is 1.08 bits per heavy atom. The molecule has 1 heterocycles. The molecule has 5 nitrogen and oxygen atoms in total. The summed E-state index contributed by atoms with van der Waals surface area (Å²) in [5.74, 6) is -0.0255. The van der Waals surface area contributed by atoms with Crippen LogP contribution in [0.2, 0.25) is 5.02 Å². The number of amides is 2. The number of hydrogen-bond donors (Lipinski definition) is 1. The number of carbonyl (C=O) groups excluding carboxylic acids is 2. The van der Waals surface area contributed by atoms with Gasteiger partial charge in [-0.2, -0.15) is 0 Å². The van der Waals surface area contributed by atoms with Gasteiger partial charge in [-0.25, -0.2) is 0 Å². The number of rotatable bonds is 9. The van der Waals surface area contributed by atoms with Crippen LogP contribution in [0.1, 0.15) is 45.4 Å². The molecule has 1 aliphatic heterocycles. The van der Waals surface area contributed by atoms with Crippen molar-refractivity contribution in [2.24, 2.45) is 0 Å². The SMILES string of the molecule is CCCCCCCC(=O)NCC(=O)N1CCN(c2cccc(Cl)c2)CC1. The Balaban J connectivity index is 1.64. The van der Waals surface area contributed by atoms with Crippen LogP contribution in [0.3, 0.4) is 0 Å². The average Bonchev–Trinajstić information content (AvgIpc) is 2.66. The molecule has 1 aliphatic rings. The highest BCUT2D eigenvalue weighted by Crippen LogP contribution is 2.20. The van der Waals surface area contributed by atoms with Crippen molar-refractivity contribution in [3.63, 3.8) is 0 Å². The van der Waals surface area contributed by atoms with Gasteiger partial charge in [-0.15, -0.1) is 0 Å². The van der Waals surface area contributed by atoms with Gasteiger partial charge in [0.1, 0.15) is 0 Å². The fourth-order valence-corrected chi connectivity index (χ4v) is 3.33. The maximum atomic E-state index is 12.3. The Kier molecular flexibility index (Phi) is 8.75. The van der Waals surface area contributed by atoms with Crippen LogP contribution in [0.5, 0.6) is 0 Å². The highest BCUT2D eigenvalue weighted by Gasteiger charge is 2.21. The van der Waals surface area contributed by atoms with Crippen LogP contribution < -0.4 is 10.2 Å². The zero-order valence-electron chi connectivity index (χ0n) is 15.7. The zero-order valence-corrected chi connectivity index (χ0v) is 16.4. The average molecular weight is 380 g/mol. The van der Waals surface area contributed by atoms with Gasteiger partial charge in [0.15, 0.2) is 0 Å². The number of unbranched alkanes of at least 4 members (excludes halogenated alkanes) is 4. The highest BCUT2D eigenvalue weighted by molar-refractivity contribution is 6.30. The number of halogens is 1. The molecule has 1 N–H and O–H groups in total. The van der Waals surface area contributed by atoms with Crippen molar-refractivity contribution in [1.29, 1.82) is 0 Å². The van der Waals surface area contributed by atoms with E-state index in [1.807, 2.05) is 29.2 Å². The van der Waals surface area contributed by atoms with Gasteiger partial charge in [0.25, 0.3) is 0 Å². The molecule has 26 heavy (non-hydrogen) atoms. The second-order valence-electron chi connectivity index (χ2n) is 6.79. The van der Waals surface area contributed by atoms with Crippen LogP contribution in [0.15, 0.2) is 24.3 Å². The molecule has 144 valence electrons. The number of anilines is 1. The minimum absolute atomic E-state index is 0.00456. The van der Waals surface area contributed by atoms with E-state index in [4.69, 9.17) is 11.6 Å². The molecule has 6 heteroatoms. The van der Waals surface area contributed by atoms with Gasteiger partial charge in [0.05, 0.1) is 6.54 Å². The minimum atomic E-state index is -0.0209.